The SMILES string of the molecule is COC(=O)c1c(NC(=O)c2ccc(S(=O)(=O)N3C[C@H](C)O[C@@H](C)C3)cc2)sc2c1CCN(C)C2. The number of carbonyl (C=O) groups excluding carboxylic acids is 2. The summed E-state index contributed by atoms with van der Waals surface area (Å²) in [4.78, 5) is 28.7. The van der Waals surface area contributed by atoms with Gasteiger partial charge in [-0.3, -0.25) is 4.79 Å². The Bertz CT molecular complexity index is 1180. The van der Waals surface area contributed by atoms with Gasteiger partial charge in [0, 0.05) is 36.6 Å². The molecule has 11 heteroatoms. The molecule has 3 heterocycles. The fourth-order valence-electron chi connectivity index (χ4n) is 4.37. The smallest absolute Gasteiger partial charge is 0.341 e. The Morgan fingerprint density at radius 1 is 1.15 bits per heavy atom. The minimum Gasteiger partial charge on any atom is -0.465 e. The topological polar surface area (TPSA) is 105 Å². The maximum atomic E-state index is 13.1. The summed E-state index contributed by atoms with van der Waals surface area (Å²) in [5, 5.41) is 3.28. The zero-order valence-electron chi connectivity index (χ0n) is 19.7. The van der Waals surface area contributed by atoms with E-state index in [1.54, 1.807) is 0 Å². The van der Waals surface area contributed by atoms with E-state index < -0.39 is 21.9 Å². The third-order valence-corrected chi connectivity index (χ3v) is 8.98. The average molecular weight is 508 g/mol. The lowest BCUT2D eigenvalue weighted by Crippen LogP contribution is -2.48. The molecule has 1 saturated heterocycles. The molecule has 1 aromatic carbocycles. The Labute approximate surface area is 203 Å². The summed E-state index contributed by atoms with van der Waals surface area (Å²) in [5.41, 5.74) is 1.61. The van der Waals surface area contributed by atoms with Gasteiger partial charge in [0.25, 0.3) is 5.91 Å². The van der Waals surface area contributed by atoms with Crippen molar-refractivity contribution in [1.82, 2.24) is 9.21 Å². The molecule has 0 aliphatic carbocycles. The average Bonchev–Trinajstić information content (AvgIpc) is 3.14. The van der Waals surface area contributed by atoms with Crippen molar-refractivity contribution in [3.63, 3.8) is 0 Å². The first-order valence-electron chi connectivity index (χ1n) is 11.1. The van der Waals surface area contributed by atoms with Gasteiger partial charge in [0.05, 0.1) is 29.8 Å². The molecule has 2 aromatic rings. The second kappa shape index (κ2) is 9.74. The van der Waals surface area contributed by atoms with Gasteiger partial charge in [0.2, 0.25) is 10.0 Å². The molecule has 1 N–H and O–H groups in total. The molecule has 1 amide bonds. The number of fused-ring (bicyclic) bond motifs is 1. The molecule has 0 radical (unpaired) electrons. The van der Waals surface area contributed by atoms with Gasteiger partial charge in [-0.15, -0.1) is 11.3 Å². The summed E-state index contributed by atoms with van der Waals surface area (Å²) >= 11 is 1.37. The lowest BCUT2D eigenvalue weighted by atomic mass is 10.0. The molecule has 4 rings (SSSR count). The van der Waals surface area contributed by atoms with Crippen molar-refractivity contribution in [2.45, 2.75) is 43.9 Å². The highest BCUT2D eigenvalue weighted by atomic mass is 32.2. The maximum absolute atomic E-state index is 13.1. The number of ether oxygens (including phenoxy) is 2. The van der Waals surface area contributed by atoms with Crippen molar-refractivity contribution < 1.29 is 27.5 Å². The molecule has 9 nitrogen and oxygen atoms in total. The maximum Gasteiger partial charge on any atom is 0.341 e. The van der Waals surface area contributed by atoms with Crippen LogP contribution in [0.5, 0.6) is 0 Å². The molecule has 2 aliphatic rings. The minimum absolute atomic E-state index is 0.121. The molecule has 1 fully saturated rings. The van der Waals surface area contributed by atoms with Crippen molar-refractivity contribution in [2.75, 3.05) is 39.1 Å². The number of hydrogen-bond donors (Lipinski definition) is 1. The van der Waals surface area contributed by atoms with Crippen LogP contribution in [0.2, 0.25) is 0 Å². The summed E-state index contributed by atoms with van der Waals surface area (Å²) in [6, 6.07) is 5.83. The zero-order valence-corrected chi connectivity index (χ0v) is 21.3. The molecule has 34 heavy (non-hydrogen) atoms. The van der Waals surface area contributed by atoms with E-state index in [9.17, 15) is 18.0 Å². The van der Waals surface area contributed by atoms with Crippen LogP contribution in [0.4, 0.5) is 5.00 Å². The summed E-state index contributed by atoms with van der Waals surface area (Å²) in [6.07, 6.45) is 0.321. The third-order valence-electron chi connectivity index (χ3n) is 6.00. The lowest BCUT2D eigenvalue weighted by molar-refractivity contribution is -0.0440. The Hall–Kier alpha value is -2.31. The molecule has 0 unspecified atom stereocenters. The minimum atomic E-state index is -3.70. The third kappa shape index (κ3) is 4.89. The number of anilines is 1. The highest BCUT2D eigenvalue weighted by Crippen LogP contribution is 2.37. The molecule has 0 spiro atoms. The summed E-state index contributed by atoms with van der Waals surface area (Å²) in [7, 11) is -0.372. The highest BCUT2D eigenvalue weighted by molar-refractivity contribution is 7.89. The van der Waals surface area contributed by atoms with E-state index in [2.05, 4.69) is 10.2 Å². The Morgan fingerprint density at radius 2 is 1.79 bits per heavy atom. The zero-order chi connectivity index (χ0) is 24.6. The summed E-state index contributed by atoms with van der Waals surface area (Å²) < 4.78 is 38.1. The van der Waals surface area contributed by atoms with Crippen LogP contribution in [0, 0.1) is 0 Å². The van der Waals surface area contributed by atoms with Gasteiger partial charge in [-0.1, -0.05) is 0 Å². The van der Waals surface area contributed by atoms with Gasteiger partial charge in [0.15, 0.2) is 0 Å². The number of benzene rings is 1. The van der Waals surface area contributed by atoms with Crippen LogP contribution in [0.15, 0.2) is 29.2 Å². The number of hydrogen-bond acceptors (Lipinski definition) is 8. The molecular formula is C23H29N3O6S2. The van der Waals surface area contributed by atoms with E-state index >= 15 is 0 Å². The quantitative estimate of drug-likeness (QED) is 0.620. The second-order valence-electron chi connectivity index (χ2n) is 8.75. The van der Waals surface area contributed by atoms with Gasteiger partial charge in [-0.05, 0) is 57.1 Å². The monoisotopic (exact) mass is 507 g/mol. The van der Waals surface area contributed by atoms with Crippen LogP contribution in [0.1, 0.15) is 45.0 Å². The molecule has 2 atom stereocenters. The lowest BCUT2D eigenvalue weighted by Gasteiger charge is -2.34. The highest BCUT2D eigenvalue weighted by Gasteiger charge is 2.32. The summed E-state index contributed by atoms with van der Waals surface area (Å²) in [5.74, 6) is -0.901. The number of methoxy groups -OCH3 is 1. The number of nitrogens with zero attached hydrogens (tertiary/aromatic N) is 2. The number of rotatable bonds is 5. The van der Waals surface area contributed by atoms with E-state index in [0.717, 1.165) is 17.0 Å². The van der Waals surface area contributed by atoms with E-state index in [4.69, 9.17) is 9.47 Å². The van der Waals surface area contributed by atoms with Gasteiger partial charge in [-0.25, -0.2) is 13.2 Å². The Kier molecular flexibility index (Phi) is 7.11. The number of morpholine rings is 1. The van der Waals surface area contributed by atoms with Crippen molar-refractivity contribution in [2.24, 2.45) is 0 Å². The largest absolute Gasteiger partial charge is 0.465 e. The molecule has 1 aromatic heterocycles. The normalized spacial score (nSPS) is 21.6. The number of carbonyl (C=O) groups is 2. The predicted octanol–water partition coefficient (Wildman–Crippen LogP) is 2.57. The number of thiophene rings is 1. The first-order valence-corrected chi connectivity index (χ1v) is 13.3. The van der Waals surface area contributed by atoms with Crippen LogP contribution in [-0.4, -0.2) is 75.5 Å². The molecule has 0 saturated carbocycles. The van der Waals surface area contributed by atoms with Crippen LogP contribution in [0.25, 0.3) is 0 Å². The van der Waals surface area contributed by atoms with E-state index in [-0.39, 0.29) is 30.2 Å². The van der Waals surface area contributed by atoms with Gasteiger partial charge < -0.3 is 19.7 Å². The van der Waals surface area contributed by atoms with Crippen molar-refractivity contribution in [1.29, 1.82) is 0 Å². The standard InChI is InChI=1S/C23H29N3O6S2/c1-14-11-26(12-15(2)32-14)34(29,30)17-7-5-16(6-8-17)21(27)24-22-20(23(28)31-4)18-9-10-25(3)13-19(18)33-22/h5-8,14-15H,9-13H2,1-4H3,(H,24,27)/t14-,15-/m0/s1. The number of esters is 1. The van der Waals surface area contributed by atoms with E-state index in [1.165, 1.54) is 47.0 Å². The fraction of sp³-hybridized carbons (Fsp3) is 0.478. The Balaban J connectivity index is 1.54. The van der Waals surface area contributed by atoms with Gasteiger partial charge in [0.1, 0.15) is 5.00 Å². The number of nitrogens with one attached hydrogen (secondary N) is 1. The molecule has 184 valence electrons. The molecule has 2 aliphatic heterocycles. The first kappa shape index (κ1) is 24.8. The Morgan fingerprint density at radius 3 is 2.41 bits per heavy atom. The van der Waals surface area contributed by atoms with Crippen LogP contribution >= 0.6 is 11.3 Å². The van der Waals surface area contributed by atoms with Crippen LogP contribution in [-0.2, 0) is 32.5 Å². The second-order valence-corrected chi connectivity index (χ2v) is 11.8. The van der Waals surface area contributed by atoms with Crippen molar-refractivity contribution >= 4 is 38.2 Å². The van der Waals surface area contributed by atoms with Crippen molar-refractivity contribution in [3.8, 4) is 0 Å². The van der Waals surface area contributed by atoms with Gasteiger partial charge >= 0.3 is 5.97 Å². The van der Waals surface area contributed by atoms with E-state index in [1.807, 2.05) is 20.9 Å². The number of likely N-dealkylation sites (N-methyl/N-ethyl adjacent to an activating group) is 1. The predicted molar refractivity (Wildman–Crippen MR) is 129 cm³/mol. The van der Waals surface area contributed by atoms with Crippen LogP contribution in [0.3, 0.4) is 0 Å². The summed E-state index contributed by atoms with van der Waals surface area (Å²) in [6.45, 7) is 5.76. The fourth-order valence-corrected chi connectivity index (χ4v) is 7.27. The van der Waals surface area contributed by atoms with Crippen LogP contribution < -0.4 is 5.32 Å². The number of amides is 1. The van der Waals surface area contributed by atoms with Gasteiger partial charge in [-0.2, -0.15) is 4.31 Å². The molecular weight excluding hydrogens is 478 g/mol. The molecule has 0 bridgehead atoms. The van der Waals surface area contributed by atoms with Crippen molar-refractivity contribution in [3.05, 3.63) is 45.8 Å². The first-order chi connectivity index (χ1) is 16.1. The van der Waals surface area contributed by atoms with E-state index in [0.29, 0.717) is 29.1 Å². The number of sulfonamides is 1.